The SMILES string of the molecule is C/C=C(\C#N)c1ccc(-c2cccs2)s1.C=C/C=C(/O)C(=C)O. The van der Waals surface area contributed by atoms with Crippen molar-refractivity contribution in [2.45, 2.75) is 6.92 Å². The molecule has 23 heavy (non-hydrogen) atoms. The monoisotopic (exact) mass is 343 g/mol. The number of hydrogen-bond acceptors (Lipinski definition) is 5. The number of allylic oxidation sites excluding steroid dienone is 4. The van der Waals surface area contributed by atoms with Gasteiger partial charge in [-0.15, -0.1) is 22.7 Å². The molecule has 2 rings (SSSR count). The number of hydrogen-bond donors (Lipinski definition) is 2. The molecule has 118 valence electrons. The summed E-state index contributed by atoms with van der Waals surface area (Å²) in [6.45, 7) is 8.25. The Bertz CT molecular complexity index is 759. The summed E-state index contributed by atoms with van der Waals surface area (Å²) in [7, 11) is 0. The van der Waals surface area contributed by atoms with E-state index in [1.807, 2.05) is 25.1 Å². The fraction of sp³-hybridized carbons (Fsp3) is 0.0556. The van der Waals surface area contributed by atoms with Gasteiger partial charge < -0.3 is 10.2 Å². The zero-order chi connectivity index (χ0) is 17.2. The summed E-state index contributed by atoms with van der Waals surface area (Å²) < 4.78 is 0. The molecule has 0 saturated carbocycles. The maximum absolute atomic E-state index is 8.91. The fourth-order valence-corrected chi connectivity index (χ4v) is 3.37. The van der Waals surface area contributed by atoms with E-state index in [1.165, 1.54) is 21.9 Å². The smallest absolute Gasteiger partial charge is 0.156 e. The van der Waals surface area contributed by atoms with Gasteiger partial charge in [0.15, 0.2) is 5.76 Å². The van der Waals surface area contributed by atoms with Gasteiger partial charge in [-0.05, 0) is 36.6 Å². The summed E-state index contributed by atoms with van der Waals surface area (Å²) >= 11 is 3.39. The lowest BCUT2D eigenvalue weighted by Crippen LogP contribution is -1.81. The fourth-order valence-electron chi connectivity index (χ4n) is 1.50. The molecule has 0 aliphatic carbocycles. The summed E-state index contributed by atoms with van der Waals surface area (Å²) in [6.07, 6.45) is 4.46. The summed E-state index contributed by atoms with van der Waals surface area (Å²) in [6, 6.07) is 10.4. The molecule has 2 aromatic heterocycles. The minimum atomic E-state index is -0.343. The van der Waals surface area contributed by atoms with Gasteiger partial charge in [0.05, 0.1) is 5.57 Å². The van der Waals surface area contributed by atoms with E-state index in [1.54, 1.807) is 22.7 Å². The summed E-state index contributed by atoms with van der Waals surface area (Å²) in [5, 5.41) is 27.9. The van der Waals surface area contributed by atoms with Gasteiger partial charge in [0, 0.05) is 14.6 Å². The molecule has 0 fully saturated rings. The normalized spacial score (nSPS) is 11.1. The van der Waals surface area contributed by atoms with Crippen molar-refractivity contribution in [3.63, 3.8) is 0 Å². The van der Waals surface area contributed by atoms with Gasteiger partial charge in [-0.3, -0.25) is 0 Å². The molecule has 0 unspecified atom stereocenters. The predicted molar refractivity (Wildman–Crippen MR) is 99.6 cm³/mol. The highest BCUT2D eigenvalue weighted by Crippen LogP contribution is 2.34. The van der Waals surface area contributed by atoms with Crippen LogP contribution in [0.15, 0.2) is 72.5 Å². The van der Waals surface area contributed by atoms with Crippen molar-refractivity contribution < 1.29 is 10.2 Å². The molecule has 0 aliphatic heterocycles. The van der Waals surface area contributed by atoms with Gasteiger partial charge in [0.25, 0.3) is 0 Å². The molecule has 0 bridgehead atoms. The molecule has 0 aliphatic rings. The highest BCUT2D eigenvalue weighted by atomic mass is 32.1. The third kappa shape index (κ3) is 5.62. The van der Waals surface area contributed by atoms with E-state index < -0.39 is 0 Å². The Morgan fingerprint density at radius 1 is 1.26 bits per heavy atom. The van der Waals surface area contributed by atoms with Crippen molar-refractivity contribution in [1.82, 2.24) is 0 Å². The Balaban J connectivity index is 0.000000284. The molecule has 5 heteroatoms. The molecule has 0 amide bonds. The van der Waals surface area contributed by atoms with Crippen molar-refractivity contribution in [2.75, 3.05) is 0 Å². The van der Waals surface area contributed by atoms with Gasteiger partial charge >= 0.3 is 0 Å². The summed E-state index contributed by atoms with van der Waals surface area (Å²) in [4.78, 5) is 3.54. The van der Waals surface area contributed by atoms with Crippen molar-refractivity contribution >= 4 is 28.2 Å². The summed E-state index contributed by atoms with van der Waals surface area (Å²) in [5.74, 6) is -0.593. The first kappa shape index (κ1) is 18.5. The van der Waals surface area contributed by atoms with Crippen LogP contribution in [0.3, 0.4) is 0 Å². The highest BCUT2D eigenvalue weighted by molar-refractivity contribution is 7.21. The van der Waals surface area contributed by atoms with Crippen LogP contribution in [0.4, 0.5) is 0 Å². The average molecular weight is 343 g/mol. The minimum absolute atomic E-state index is 0.250. The van der Waals surface area contributed by atoms with Gasteiger partial charge in [0.2, 0.25) is 0 Å². The molecule has 0 radical (unpaired) electrons. The largest absolute Gasteiger partial charge is 0.505 e. The van der Waals surface area contributed by atoms with E-state index in [4.69, 9.17) is 15.5 Å². The topological polar surface area (TPSA) is 64.2 Å². The molecule has 0 spiro atoms. The number of nitrogens with zero attached hydrogens (tertiary/aromatic N) is 1. The minimum Gasteiger partial charge on any atom is -0.505 e. The maximum atomic E-state index is 8.91. The molecule has 2 aromatic rings. The van der Waals surface area contributed by atoms with Crippen LogP contribution in [0.25, 0.3) is 15.3 Å². The number of aliphatic hydroxyl groups is 2. The standard InChI is InChI=1S/C12H9NS2.C6H8O2/c1-2-9(8-13)10-5-6-12(15-10)11-4-3-7-14-11;1-3-4-6(8)5(2)7/h2-7H,1H3;3-4,7-8H,1-2H2/b9-2+;6-4+. The van der Waals surface area contributed by atoms with Crippen LogP contribution in [0.2, 0.25) is 0 Å². The molecule has 0 saturated heterocycles. The first-order chi connectivity index (χ1) is 11.0. The molecule has 2 heterocycles. The Hall–Kier alpha value is -2.55. The number of rotatable bonds is 4. The van der Waals surface area contributed by atoms with Crippen LogP contribution < -0.4 is 0 Å². The van der Waals surface area contributed by atoms with Crippen LogP contribution in [0, 0.1) is 11.3 Å². The molecular formula is C18H17NO2S2. The predicted octanol–water partition coefficient (Wildman–Crippen LogP) is 6.09. The number of aliphatic hydroxyl groups excluding tert-OH is 2. The van der Waals surface area contributed by atoms with E-state index in [2.05, 4.69) is 36.7 Å². The Morgan fingerprint density at radius 3 is 2.43 bits per heavy atom. The van der Waals surface area contributed by atoms with Gasteiger partial charge in [-0.25, -0.2) is 0 Å². The van der Waals surface area contributed by atoms with Crippen LogP contribution in [-0.2, 0) is 0 Å². The van der Waals surface area contributed by atoms with E-state index >= 15 is 0 Å². The lowest BCUT2D eigenvalue weighted by molar-refractivity contribution is 0.328. The van der Waals surface area contributed by atoms with E-state index in [-0.39, 0.29) is 11.5 Å². The zero-order valence-electron chi connectivity index (χ0n) is 12.7. The van der Waals surface area contributed by atoms with Crippen molar-refractivity contribution in [3.05, 3.63) is 77.4 Å². The van der Waals surface area contributed by atoms with Gasteiger partial charge in [-0.2, -0.15) is 5.26 Å². The van der Waals surface area contributed by atoms with E-state index in [0.29, 0.717) is 0 Å². The van der Waals surface area contributed by atoms with E-state index in [0.717, 1.165) is 10.5 Å². The lowest BCUT2D eigenvalue weighted by Gasteiger charge is -1.90. The molecular weight excluding hydrogens is 326 g/mol. The maximum Gasteiger partial charge on any atom is 0.156 e. The molecule has 2 N–H and O–H groups in total. The van der Waals surface area contributed by atoms with Gasteiger partial charge in [0.1, 0.15) is 11.8 Å². The van der Waals surface area contributed by atoms with Crippen LogP contribution in [-0.4, -0.2) is 10.2 Å². The van der Waals surface area contributed by atoms with Gasteiger partial charge in [-0.1, -0.05) is 31.4 Å². The second-order valence-electron chi connectivity index (χ2n) is 4.19. The Kier molecular flexibility index (Phi) is 7.61. The quantitative estimate of drug-likeness (QED) is 0.401. The van der Waals surface area contributed by atoms with Crippen LogP contribution in [0.1, 0.15) is 11.8 Å². The molecule has 0 atom stereocenters. The summed E-state index contributed by atoms with van der Waals surface area (Å²) in [5.41, 5.74) is 0.753. The average Bonchev–Trinajstić information content (AvgIpc) is 3.20. The van der Waals surface area contributed by atoms with Crippen molar-refractivity contribution in [2.24, 2.45) is 0 Å². The third-order valence-corrected chi connectivity index (χ3v) is 4.80. The van der Waals surface area contributed by atoms with Crippen LogP contribution >= 0.6 is 22.7 Å². The first-order valence-electron chi connectivity index (χ1n) is 6.63. The second kappa shape index (κ2) is 9.46. The van der Waals surface area contributed by atoms with Crippen LogP contribution in [0.5, 0.6) is 0 Å². The Morgan fingerprint density at radius 2 is 2.00 bits per heavy atom. The zero-order valence-corrected chi connectivity index (χ0v) is 14.3. The number of nitriles is 1. The number of thiophene rings is 2. The van der Waals surface area contributed by atoms with E-state index in [9.17, 15) is 0 Å². The molecule has 3 nitrogen and oxygen atoms in total. The first-order valence-corrected chi connectivity index (χ1v) is 8.33. The van der Waals surface area contributed by atoms with Crippen molar-refractivity contribution in [3.8, 4) is 15.8 Å². The highest BCUT2D eigenvalue weighted by Gasteiger charge is 2.06. The third-order valence-electron chi connectivity index (χ3n) is 2.62. The second-order valence-corrected chi connectivity index (χ2v) is 6.22. The van der Waals surface area contributed by atoms with Crippen molar-refractivity contribution in [1.29, 1.82) is 5.26 Å². The lowest BCUT2D eigenvalue weighted by atomic mass is 10.2. The molecule has 0 aromatic carbocycles. The Labute approximate surface area is 144 Å².